The average molecular weight is 420 g/mol. The molecule has 10 heteroatoms. The third-order valence-electron chi connectivity index (χ3n) is 5.22. The minimum atomic E-state index is -4.61. The van der Waals surface area contributed by atoms with Gasteiger partial charge in [0.25, 0.3) is 11.6 Å². The molecule has 0 unspecified atom stereocenters. The first-order valence-electron chi connectivity index (χ1n) is 9.76. The smallest absolute Gasteiger partial charge is 0.453 e. The van der Waals surface area contributed by atoms with Gasteiger partial charge in [-0.05, 0) is 25.8 Å². The van der Waals surface area contributed by atoms with E-state index < -0.39 is 12.0 Å². The van der Waals surface area contributed by atoms with Gasteiger partial charge in [0.1, 0.15) is 11.6 Å². The Morgan fingerprint density at radius 3 is 2.60 bits per heavy atom. The van der Waals surface area contributed by atoms with Gasteiger partial charge in [0.05, 0.1) is 7.11 Å². The van der Waals surface area contributed by atoms with Crippen LogP contribution in [0.5, 0.6) is 5.75 Å². The number of piperidine rings is 1. The molecule has 4 rings (SSSR count). The van der Waals surface area contributed by atoms with Crippen LogP contribution in [0.25, 0.3) is 5.78 Å². The molecule has 0 bridgehead atoms. The molecule has 1 N–H and O–H groups in total. The van der Waals surface area contributed by atoms with Gasteiger partial charge in [-0.25, -0.2) is 4.98 Å². The first-order valence-corrected chi connectivity index (χ1v) is 9.76. The molecule has 3 aromatic rings. The number of methoxy groups -OCH3 is 1. The van der Waals surface area contributed by atoms with Gasteiger partial charge in [0, 0.05) is 43.0 Å². The Morgan fingerprint density at radius 1 is 1.17 bits per heavy atom. The monoisotopic (exact) mass is 420 g/mol. The summed E-state index contributed by atoms with van der Waals surface area (Å²) in [5.74, 6) is 0.108. The lowest BCUT2D eigenvalue weighted by Crippen LogP contribution is -2.39. The number of likely N-dealkylation sites (tertiary alicyclic amines) is 1. The minimum Gasteiger partial charge on any atom is -0.496 e. The lowest BCUT2D eigenvalue weighted by molar-refractivity contribution is -0.144. The summed E-state index contributed by atoms with van der Waals surface area (Å²) in [6.07, 6.45) is -2.89. The number of alkyl halides is 3. The number of rotatable bonds is 5. The van der Waals surface area contributed by atoms with E-state index in [-0.39, 0.29) is 11.8 Å². The summed E-state index contributed by atoms with van der Waals surface area (Å²) < 4.78 is 45.5. The number of benzene rings is 1. The van der Waals surface area contributed by atoms with Crippen molar-refractivity contribution in [2.45, 2.75) is 38.5 Å². The highest BCUT2D eigenvalue weighted by Crippen LogP contribution is 2.28. The van der Waals surface area contributed by atoms with Crippen molar-refractivity contribution in [2.75, 3.05) is 25.5 Å². The maximum atomic E-state index is 13.0. The zero-order chi connectivity index (χ0) is 21.3. The Kier molecular flexibility index (Phi) is 5.50. The highest BCUT2D eigenvalue weighted by molar-refractivity contribution is 5.46. The van der Waals surface area contributed by atoms with Crippen molar-refractivity contribution in [3.05, 3.63) is 47.4 Å². The second kappa shape index (κ2) is 8.10. The topological polar surface area (TPSA) is 67.6 Å². The van der Waals surface area contributed by atoms with Crippen molar-refractivity contribution in [3.63, 3.8) is 0 Å². The van der Waals surface area contributed by atoms with Crippen molar-refractivity contribution in [1.29, 1.82) is 0 Å². The summed E-state index contributed by atoms with van der Waals surface area (Å²) in [6, 6.07) is 9.78. The summed E-state index contributed by atoms with van der Waals surface area (Å²) in [6.45, 7) is 4.26. The van der Waals surface area contributed by atoms with E-state index in [2.05, 4.69) is 31.3 Å². The first kappa shape index (κ1) is 20.4. The lowest BCUT2D eigenvalue weighted by atomic mass is 10.0. The van der Waals surface area contributed by atoms with Gasteiger partial charge in [-0.1, -0.05) is 18.2 Å². The predicted octanol–water partition coefficient (Wildman–Crippen LogP) is 3.54. The largest absolute Gasteiger partial charge is 0.496 e. The quantitative estimate of drug-likeness (QED) is 0.681. The van der Waals surface area contributed by atoms with E-state index in [1.54, 1.807) is 20.1 Å². The molecular weight excluding hydrogens is 397 g/mol. The molecule has 1 saturated heterocycles. The number of nitrogens with one attached hydrogen (secondary N) is 1. The van der Waals surface area contributed by atoms with Gasteiger partial charge < -0.3 is 10.1 Å². The molecule has 1 aromatic carbocycles. The average Bonchev–Trinajstić information content (AvgIpc) is 3.14. The summed E-state index contributed by atoms with van der Waals surface area (Å²) in [5.41, 5.74) is 1.72. The molecule has 0 amide bonds. The fraction of sp³-hybridized carbons (Fsp3) is 0.450. The van der Waals surface area contributed by atoms with E-state index in [0.29, 0.717) is 11.5 Å². The number of aryl methyl sites for hydroxylation is 1. The van der Waals surface area contributed by atoms with E-state index in [0.717, 1.165) is 48.3 Å². The third kappa shape index (κ3) is 4.33. The number of hydrogen-bond donors (Lipinski definition) is 1. The van der Waals surface area contributed by atoms with Crippen molar-refractivity contribution >= 4 is 11.6 Å². The van der Waals surface area contributed by atoms with E-state index in [1.165, 1.54) is 0 Å². The number of hydrogen-bond acceptors (Lipinski definition) is 6. The summed E-state index contributed by atoms with van der Waals surface area (Å²) in [5, 5.41) is 6.95. The molecule has 0 radical (unpaired) electrons. The molecule has 160 valence electrons. The normalized spacial score (nSPS) is 16.2. The number of ether oxygens (including phenoxy) is 1. The minimum absolute atomic E-state index is 0.0570. The Labute approximate surface area is 171 Å². The second-order valence-electron chi connectivity index (χ2n) is 7.43. The van der Waals surface area contributed by atoms with Crippen LogP contribution in [0.1, 0.15) is 29.9 Å². The summed E-state index contributed by atoms with van der Waals surface area (Å²) in [4.78, 5) is 9.95. The number of para-hydroxylation sites is 1. The molecular formula is C20H23F3N6O. The number of fused-ring (bicyclic) bond motifs is 1. The van der Waals surface area contributed by atoms with Crippen LogP contribution in [-0.2, 0) is 12.7 Å². The van der Waals surface area contributed by atoms with Gasteiger partial charge >= 0.3 is 6.18 Å². The van der Waals surface area contributed by atoms with Gasteiger partial charge in [0.2, 0.25) is 0 Å². The van der Waals surface area contributed by atoms with E-state index in [4.69, 9.17) is 4.74 Å². The van der Waals surface area contributed by atoms with Gasteiger partial charge in [0.15, 0.2) is 0 Å². The highest BCUT2D eigenvalue weighted by atomic mass is 19.4. The van der Waals surface area contributed by atoms with Crippen LogP contribution in [0, 0.1) is 6.92 Å². The van der Waals surface area contributed by atoms with Gasteiger partial charge in [-0.3, -0.25) is 4.90 Å². The van der Waals surface area contributed by atoms with Crippen LogP contribution < -0.4 is 10.1 Å². The maximum absolute atomic E-state index is 13.0. The standard InChI is InChI=1S/C20H23F3N6O/c1-13-11-17(29-19(24-13)26-18(27-29)20(21,22)23)25-15-7-9-28(10-8-15)12-14-5-3-4-6-16(14)30-2/h3-6,11,15,25H,7-10,12H2,1-2H3. The van der Waals surface area contributed by atoms with Crippen molar-refractivity contribution in [1.82, 2.24) is 24.5 Å². The number of nitrogens with zero attached hydrogens (tertiary/aromatic N) is 5. The van der Waals surface area contributed by atoms with E-state index in [9.17, 15) is 13.2 Å². The van der Waals surface area contributed by atoms with Crippen LogP contribution in [-0.4, -0.2) is 50.7 Å². The third-order valence-corrected chi connectivity index (χ3v) is 5.22. The number of aromatic nitrogens is 4. The summed E-state index contributed by atoms with van der Waals surface area (Å²) in [7, 11) is 1.67. The zero-order valence-electron chi connectivity index (χ0n) is 16.8. The molecule has 0 aliphatic carbocycles. The van der Waals surface area contributed by atoms with Crippen LogP contribution in [0.4, 0.5) is 19.0 Å². The summed E-state index contributed by atoms with van der Waals surface area (Å²) >= 11 is 0. The van der Waals surface area contributed by atoms with Gasteiger partial charge in [-0.2, -0.15) is 22.7 Å². The Balaban J connectivity index is 1.44. The fourth-order valence-corrected chi connectivity index (χ4v) is 3.73. The molecule has 7 nitrogen and oxygen atoms in total. The van der Waals surface area contributed by atoms with Crippen molar-refractivity contribution < 1.29 is 17.9 Å². The van der Waals surface area contributed by atoms with Crippen LogP contribution in [0.2, 0.25) is 0 Å². The van der Waals surface area contributed by atoms with Crippen LogP contribution in [0.15, 0.2) is 30.3 Å². The van der Waals surface area contributed by atoms with Crippen molar-refractivity contribution in [2.24, 2.45) is 0 Å². The Bertz CT molecular complexity index is 1030. The molecule has 1 fully saturated rings. The molecule has 2 aromatic heterocycles. The zero-order valence-corrected chi connectivity index (χ0v) is 16.8. The second-order valence-corrected chi connectivity index (χ2v) is 7.43. The number of halogens is 3. The highest BCUT2D eigenvalue weighted by Gasteiger charge is 2.37. The van der Waals surface area contributed by atoms with Crippen LogP contribution >= 0.6 is 0 Å². The van der Waals surface area contributed by atoms with Crippen molar-refractivity contribution in [3.8, 4) is 5.75 Å². The maximum Gasteiger partial charge on any atom is 0.453 e. The lowest BCUT2D eigenvalue weighted by Gasteiger charge is -2.33. The SMILES string of the molecule is COc1ccccc1CN1CCC(Nc2cc(C)nc3nc(C(F)(F)F)nn23)CC1. The van der Waals surface area contributed by atoms with Gasteiger partial charge in [-0.15, -0.1) is 5.10 Å². The fourth-order valence-electron chi connectivity index (χ4n) is 3.73. The molecule has 1 aliphatic rings. The Morgan fingerprint density at radius 2 is 1.90 bits per heavy atom. The first-order chi connectivity index (χ1) is 14.3. The molecule has 0 atom stereocenters. The number of anilines is 1. The predicted molar refractivity (Wildman–Crippen MR) is 105 cm³/mol. The molecule has 30 heavy (non-hydrogen) atoms. The van der Waals surface area contributed by atoms with E-state index >= 15 is 0 Å². The molecule has 1 aliphatic heterocycles. The Hall–Kier alpha value is -2.88. The molecule has 3 heterocycles. The molecule has 0 saturated carbocycles. The molecule has 0 spiro atoms. The van der Waals surface area contributed by atoms with E-state index in [1.807, 2.05) is 18.2 Å². The van der Waals surface area contributed by atoms with Crippen LogP contribution in [0.3, 0.4) is 0 Å².